The topological polar surface area (TPSA) is 70.9 Å². The molecule has 3 rings (SSSR count). The first-order chi connectivity index (χ1) is 9.65. The third-order valence-corrected chi connectivity index (χ3v) is 3.33. The Hall–Kier alpha value is -2.75. The van der Waals surface area contributed by atoms with Crippen LogP contribution in [0.2, 0.25) is 0 Å². The first-order valence-corrected chi connectivity index (χ1v) is 6.39. The fraction of sp³-hybridized carbons (Fsp3) is 0.0625. The molecule has 2 aromatic carbocycles. The van der Waals surface area contributed by atoms with Crippen molar-refractivity contribution in [2.24, 2.45) is 0 Å². The van der Waals surface area contributed by atoms with E-state index in [0.29, 0.717) is 11.4 Å². The molecule has 1 heterocycles. The number of carbonyl (C=O) groups is 1. The molecule has 0 atom stereocenters. The van der Waals surface area contributed by atoms with Crippen LogP contribution < -0.4 is 11.1 Å². The highest BCUT2D eigenvalue weighted by Gasteiger charge is 2.11. The Balaban J connectivity index is 1.93. The molecule has 0 saturated heterocycles. The molecule has 1 aromatic heterocycles. The molecule has 0 bridgehead atoms. The average molecular weight is 265 g/mol. The van der Waals surface area contributed by atoms with Crippen molar-refractivity contribution in [3.8, 4) is 0 Å². The van der Waals surface area contributed by atoms with Crippen molar-refractivity contribution < 1.29 is 4.79 Å². The molecule has 0 radical (unpaired) electrons. The Kier molecular flexibility index (Phi) is 2.91. The van der Waals surface area contributed by atoms with E-state index < -0.39 is 0 Å². The summed E-state index contributed by atoms with van der Waals surface area (Å²) < 4.78 is 0. The number of benzene rings is 2. The lowest BCUT2D eigenvalue weighted by atomic mass is 10.2. The summed E-state index contributed by atoms with van der Waals surface area (Å²) in [6.07, 6.45) is 0. The molecular weight excluding hydrogens is 250 g/mol. The van der Waals surface area contributed by atoms with E-state index in [9.17, 15) is 4.79 Å². The van der Waals surface area contributed by atoms with Crippen LogP contribution in [-0.2, 0) is 0 Å². The summed E-state index contributed by atoms with van der Waals surface area (Å²) >= 11 is 0. The number of H-pyrrole nitrogens is 1. The fourth-order valence-electron chi connectivity index (χ4n) is 2.20. The summed E-state index contributed by atoms with van der Waals surface area (Å²) in [5, 5.41) is 3.83. The predicted molar refractivity (Wildman–Crippen MR) is 81.8 cm³/mol. The molecule has 100 valence electrons. The van der Waals surface area contributed by atoms with Crippen molar-refractivity contribution in [1.82, 2.24) is 4.98 Å². The smallest absolute Gasteiger partial charge is 0.272 e. The minimum absolute atomic E-state index is 0.171. The summed E-state index contributed by atoms with van der Waals surface area (Å²) in [5.74, 6) is -0.171. The van der Waals surface area contributed by atoms with E-state index >= 15 is 0 Å². The number of carbonyl (C=O) groups excluding carboxylic acids is 1. The number of anilines is 2. The normalized spacial score (nSPS) is 10.7. The molecular formula is C16H15N3O. The molecule has 1 amide bonds. The van der Waals surface area contributed by atoms with Crippen LogP contribution in [-0.4, -0.2) is 10.9 Å². The highest BCUT2D eigenvalue weighted by atomic mass is 16.1. The number of aromatic nitrogens is 1. The zero-order valence-electron chi connectivity index (χ0n) is 11.1. The molecule has 0 saturated carbocycles. The number of amides is 1. The van der Waals surface area contributed by atoms with E-state index in [1.807, 2.05) is 49.4 Å². The van der Waals surface area contributed by atoms with Gasteiger partial charge >= 0.3 is 0 Å². The van der Waals surface area contributed by atoms with Crippen molar-refractivity contribution in [2.45, 2.75) is 6.92 Å². The SMILES string of the molecule is Cc1ccccc1NC(=O)c1cc2cccc(N)c2[nH]1. The first kappa shape index (κ1) is 12.3. The van der Waals surface area contributed by atoms with Gasteiger partial charge in [-0.05, 0) is 30.7 Å². The largest absolute Gasteiger partial charge is 0.397 e. The van der Waals surface area contributed by atoms with Gasteiger partial charge in [0.05, 0.1) is 11.2 Å². The number of aromatic amines is 1. The van der Waals surface area contributed by atoms with Crippen molar-refractivity contribution in [2.75, 3.05) is 11.1 Å². The van der Waals surface area contributed by atoms with E-state index in [1.165, 1.54) is 0 Å². The zero-order valence-corrected chi connectivity index (χ0v) is 11.1. The minimum atomic E-state index is -0.171. The molecule has 20 heavy (non-hydrogen) atoms. The van der Waals surface area contributed by atoms with Crippen LogP contribution in [0.1, 0.15) is 16.1 Å². The number of hydrogen-bond acceptors (Lipinski definition) is 2. The molecule has 0 unspecified atom stereocenters. The Morgan fingerprint density at radius 3 is 2.70 bits per heavy atom. The van der Waals surface area contributed by atoms with E-state index in [2.05, 4.69) is 10.3 Å². The average Bonchev–Trinajstić information content (AvgIpc) is 2.87. The molecule has 3 aromatic rings. The van der Waals surface area contributed by atoms with Crippen molar-refractivity contribution in [3.05, 3.63) is 59.8 Å². The van der Waals surface area contributed by atoms with Gasteiger partial charge in [0, 0.05) is 11.1 Å². The monoisotopic (exact) mass is 265 g/mol. The van der Waals surface area contributed by atoms with E-state index in [4.69, 9.17) is 5.73 Å². The van der Waals surface area contributed by atoms with Crippen LogP contribution in [0.25, 0.3) is 10.9 Å². The van der Waals surface area contributed by atoms with Crippen LogP contribution in [0, 0.1) is 6.92 Å². The van der Waals surface area contributed by atoms with Gasteiger partial charge in [0.25, 0.3) is 5.91 Å². The number of hydrogen-bond donors (Lipinski definition) is 3. The molecule has 0 spiro atoms. The molecule has 0 fully saturated rings. The standard InChI is InChI=1S/C16H15N3O/c1-10-5-2-3-8-13(10)19-16(20)14-9-11-6-4-7-12(17)15(11)18-14/h2-9,18H,17H2,1H3,(H,19,20). The lowest BCUT2D eigenvalue weighted by molar-refractivity contribution is 0.102. The van der Waals surface area contributed by atoms with Gasteiger partial charge in [-0.25, -0.2) is 0 Å². The van der Waals surface area contributed by atoms with Crippen molar-refractivity contribution in [1.29, 1.82) is 0 Å². The molecule has 0 aliphatic carbocycles. The van der Waals surface area contributed by atoms with Crippen molar-refractivity contribution in [3.63, 3.8) is 0 Å². The number of rotatable bonds is 2. The second-order valence-corrected chi connectivity index (χ2v) is 4.76. The molecule has 0 aliphatic rings. The highest BCUT2D eigenvalue weighted by molar-refractivity contribution is 6.07. The summed E-state index contributed by atoms with van der Waals surface area (Å²) in [4.78, 5) is 15.3. The lowest BCUT2D eigenvalue weighted by Gasteiger charge is -2.06. The van der Waals surface area contributed by atoms with E-state index in [0.717, 1.165) is 22.2 Å². The number of nitrogens with one attached hydrogen (secondary N) is 2. The number of para-hydroxylation sites is 2. The number of nitrogens with two attached hydrogens (primary N) is 1. The summed E-state index contributed by atoms with van der Waals surface area (Å²) in [6.45, 7) is 1.96. The number of fused-ring (bicyclic) bond motifs is 1. The lowest BCUT2D eigenvalue weighted by Crippen LogP contribution is -2.12. The van der Waals surface area contributed by atoms with Crippen LogP contribution in [0.15, 0.2) is 48.5 Å². The van der Waals surface area contributed by atoms with Gasteiger partial charge in [-0.3, -0.25) is 4.79 Å². The van der Waals surface area contributed by atoms with Gasteiger partial charge in [0.2, 0.25) is 0 Å². The predicted octanol–water partition coefficient (Wildman–Crippen LogP) is 3.31. The third-order valence-electron chi connectivity index (χ3n) is 3.33. The first-order valence-electron chi connectivity index (χ1n) is 6.39. The second-order valence-electron chi connectivity index (χ2n) is 4.76. The van der Waals surface area contributed by atoms with Crippen LogP contribution in [0.3, 0.4) is 0 Å². The molecule has 4 heteroatoms. The molecule has 4 nitrogen and oxygen atoms in total. The summed E-state index contributed by atoms with van der Waals surface area (Å²) in [5.41, 5.74) is 9.65. The number of aryl methyl sites for hydroxylation is 1. The zero-order chi connectivity index (χ0) is 14.1. The van der Waals surface area contributed by atoms with E-state index in [-0.39, 0.29) is 5.91 Å². The maximum Gasteiger partial charge on any atom is 0.272 e. The molecule has 4 N–H and O–H groups in total. The number of nitrogen functional groups attached to an aromatic ring is 1. The van der Waals surface area contributed by atoms with Crippen LogP contribution in [0.4, 0.5) is 11.4 Å². The summed E-state index contributed by atoms with van der Waals surface area (Å²) in [6, 6.07) is 15.1. The molecule has 0 aliphatic heterocycles. The Morgan fingerprint density at radius 1 is 1.15 bits per heavy atom. The van der Waals surface area contributed by atoms with Crippen LogP contribution >= 0.6 is 0 Å². The maximum absolute atomic E-state index is 12.3. The van der Waals surface area contributed by atoms with Crippen LogP contribution in [0.5, 0.6) is 0 Å². The van der Waals surface area contributed by atoms with Gasteiger partial charge in [-0.1, -0.05) is 30.3 Å². The quantitative estimate of drug-likeness (QED) is 0.622. The van der Waals surface area contributed by atoms with Crippen molar-refractivity contribution >= 4 is 28.2 Å². The van der Waals surface area contributed by atoms with Gasteiger partial charge in [-0.2, -0.15) is 0 Å². The van der Waals surface area contributed by atoms with Gasteiger partial charge < -0.3 is 16.0 Å². The maximum atomic E-state index is 12.3. The summed E-state index contributed by atoms with van der Waals surface area (Å²) in [7, 11) is 0. The van der Waals surface area contributed by atoms with Gasteiger partial charge in [0.1, 0.15) is 5.69 Å². The van der Waals surface area contributed by atoms with E-state index in [1.54, 1.807) is 6.07 Å². The Labute approximate surface area is 116 Å². The third kappa shape index (κ3) is 2.12. The highest BCUT2D eigenvalue weighted by Crippen LogP contribution is 2.22. The van der Waals surface area contributed by atoms with Gasteiger partial charge in [0.15, 0.2) is 0 Å². The fourth-order valence-corrected chi connectivity index (χ4v) is 2.20. The second kappa shape index (κ2) is 4.74. The Bertz CT molecular complexity index is 789. The Morgan fingerprint density at radius 2 is 1.95 bits per heavy atom. The van der Waals surface area contributed by atoms with Gasteiger partial charge in [-0.15, -0.1) is 0 Å². The minimum Gasteiger partial charge on any atom is -0.397 e.